The molecule has 2 aliphatic carbocycles. The van der Waals surface area contributed by atoms with E-state index in [1.54, 1.807) is 0 Å². The Morgan fingerprint density at radius 2 is 2.09 bits per heavy atom. The van der Waals surface area contributed by atoms with Gasteiger partial charge in [-0.05, 0) is 12.5 Å². The van der Waals surface area contributed by atoms with Crippen LogP contribution in [-0.4, -0.2) is 29.7 Å². The average molecular weight is 150 g/mol. The molecule has 1 saturated carbocycles. The first kappa shape index (κ1) is 6.24. The topological polar surface area (TPSA) is 0 Å². The van der Waals surface area contributed by atoms with Gasteiger partial charge in [0.15, 0.2) is 11.1 Å². The normalized spacial score (nSPS) is 55.8. The Morgan fingerprint density at radius 3 is 2.73 bits per heavy atom. The van der Waals surface area contributed by atoms with Crippen molar-refractivity contribution in [1.29, 1.82) is 0 Å². The van der Waals surface area contributed by atoms with Crippen molar-refractivity contribution in [2.75, 3.05) is 14.1 Å². The van der Waals surface area contributed by atoms with Crippen LogP contribution >= 0.6 is 0 Å². The maximum atomic E-state index is 2.50. The van der Waals surface area contributed by atoms with Crippen LogP contribution in [0.5, 0.6) is 0 Å². The lowest BCUT2D eigenvalue weighted by Crippen LogP contribution is -2.31. The van der Waals surface area contributed by atoms with Crippen LogP contribution in [0, 0.1) is 0 Å². The SMILES string of the molecule is C[N+]1(C)[C@]23CC=C[C@]21CCC3. The molecule has 1 heteroatoms. The molecule has 0 radical (unpaired) electrons. The van der Waals surface area contributed by atoms with E-state index in [1.807, 2.05) is 0 Å². The van der Waals surface area contributed by atoms with Crippen LogP contribution in [0.4, 0.5) is 0 Å². The highest BCUT2D eigenvalue weighted by Crippen LogP contribution is 2.71. The fraction of sp³-hybridized carbons (Fsp3) is 0.800. The molecule has 1 heterocycles. The standard InChI is InChI=1S/C10H16N/c1-11(2)9-5-3-6-10(9,11)8-4-7-9/h3,5H,4,6-8H2,1-2H3/q+1/t9-,10-/m0/s1. The van der Waals surface area contributed by atoms with E-state index in [4.69, 9.17) is 0 Å². The van der Waals surface area contributed by atoms with Crippen molar-refractivity contribution in [3.63, 3.8) is 0 Å². The van der Waals surface area contributed by atoms with Gasteiger partial charge >= 0.3 is 0 Å². The average Bonchev–Trinajstić information content (AvgIpc) is 2.32. The van der Waals surface area contributed by atoms with Gasteiger partial charge in [0.25, 0.3) is 0 Å². The first-order valence-corrected chi connectivity index (χ1v) is 4.68. The van der Waals surface area contributed by atoms with E-state index in [-0.39, 0.29) is 0 Å². The fourth-order valence-electron chi connectivity index (χ4n) is 4.10. The Balaban J connectivity index is 2.17. The molecule has 0 N–H and O–H groups in total. The molecular formula is C10H16N+. The lowest BCUT2D eigenvalue weighted by Gasteiger charge is -2.21. The number of likely N-dealkylation sites (tertiary alicyclic amines) is 1. The smallest absolute Gasteiger partial charge is 0.173 e. The summed E-state index contributed by atoms with van der Waals surface area (Å²) in [5.41, 5.74) is 1.28. The second-order valence-corrected chi connectivity index (χ2v) is 4.87. The van der Waals surface area contributed by atoms with E-state index in [1.165, 1.54) is 30.2 Å². The van der Waals surface area contributed by atoms with Crippen LogP contribution in [0.2, 0.25) is 0 Å². The van der Waals surface area contributed by atoms with Crippen molar-refractivity contribution in [3.05, 3.63) is 12.2 Å². The number of likely N-dealkylation sites (N-methyl/N-ethyl adjacent to an activating group) is 1. The van der Waals surface area contributed by atoms with Crippen LogP contribution in [-0.2, 0) is 0 Å². The van der Waals surface area contributed by atoms with Crippen LogP contribution in [0.15, 0.2) is 12.2 Å². The summed E-state index contributed by atoms with van der Waals surface area (Å²) in [6, 6.07) is 0. The molecular weight excluding hydrogens is 134 g/mol. The summed E-state index contributed by atoms with van der Waals surface area (Å²) < 4.78 is 1.29. The first-order valence-electron chi connectivity index (χ1n) is 4.68. The number of hydrogen-bond acceptors (Lipinski definition) is 0. The quantitative estimate of drug-likeness (QED) is 0.280. The first-order chi connectivity index (χ1) is 5.16. The van der Waals surface area contributed by atoms with E-state index in [0.717, 1.165) is 0 Å². The largest absolute Gasteiger partial charge is 0.305 e. The van der Waals surface area contributed by atoms with Crippen LogP contribution < -0.4 is 0 Å². The van der Waals surface area contributed by atoms with Gasteiger partial charge in [0.2, 0.25) is 0 Å². The molecule has 60 valence electrons. The molecule has 0 unspecified atom stereocenters. The van der Waals surface area contributed by atoms with E-state index in [0.29, 0.717) is 11.1 Å². The number of rotatable bonds is 0. The Kier molecular flexibility index (Phi) is 0.742. The number of nitrogens with zero attached hydrogens (tertiary/aromatic N) is 1. The molecule has 0 spiro atoms. The summed E-state index contributed by atoms with van der Waals surface area (Å²) in [5, 5.41) is 0. The summed E-state index contributed by atoms with van der Waals surface area (Å²) in [6.07, 6.45) is 10.6. The minimum Gasteiger partial charge on any atom is -0.305 e. The van der Waals surface area contributed by atoms with E-state index >= 15 is 0 Å². The van der Waals surface area contributed by atoms with E-state index < -0.39 is 0 Å². The van der Waals surface area contributed by atoms with Gasteiger partial charge < -0.3 is 4.48 Å². The molecule has 0 bridgehead atoms. The van der Waals surface area contributed by atoms with Gasteiger partial charge in [0.05, 0.1) is 14.1 Å². The van der Waals surface area contributed by atoms with Crippen LogP contribution in [0.25, 0.3) is 0 Å². The molecule has 0 aromatic rings. The summed E-state index contributed by atoms with van der Waals surface area (Å²) in [7, 11) is 4.81. The second-order valence-electron chi connectivity index (χ2n) is 4.87. The Labute approximate surface area is 68.3 Å². The van der Waals surface area contributed by atoms with Gasteiger partial charge in [-0.15, -0.1) is 0 Å². The zero-order valence-electron chi connectivity index (χ0n) is 7.43. The van der Waals surface area contributed by atoms with Gasteiger partial charge in [-0.3, -0.25) is 0 Å². The van der Waals surface area contributed by atoms with Crippen LogP contribution in [0.3, 0.4) is 0 Å². The predicted molar refractivity (Wildman–Crippen MR) is 45.2 cm³/mol. The van der Waals surface area contributed by atoms with E-state index in [9.17, 15) is 0 Å². The minimum atomic E-state index is 0.604. The highest BCUT2D eigenvalue weighted by Gasteiger charge is 2.87. The Bertz CT molecular complexity index is 254. The fourth-order valence-corrected chi connectivity index (χ4v) is 4.10. The monoisotopic (exact) mass is 150 g/mol. The molecule has 1 aliphatic heterocycles. The summed E-state index contributed by atoms with van der Waals surface area (Å²) in [4.78, 5) is 0. The third kappa shape index (κ3) is 0.347. The second kappa shape index (κ2) is 1.31. The van der Waals surface area contributed by atoms with Crippen molar-refractivity contribution in [1.82, 2.24) is 0 Å². The van der Waals surface area contributed by atoms with Crippen molar-refractivity contribution < 1.29 is 4.48 Å². The Hall–Kier alpha value is -0.300. The van der Waals surface area contributed by atoms with Crippen molar-refractivity contribution in [2.45, 2.75) is 36.8 Å². The molecule has 3 aliphatic rings. The maximum Gasteiger partial charge on any atom is 0.173 e. The molecule has 2 atom stereocenters. The van der Waals surface area contributed by atoms with Gasteiger partial charge in [0, 0.05) is 19.3 Å². The highest BCUT2D eigenvalue weighted by molar-refractivity contribution is 5.35. The van der Waals surface area contributed by atoms with Crippen molar-refractivity contribution >= 4 is 0 Å². The molecule has 1 saturated heterocycles. The van der Waals surface area contributed by atoms with Crippen molar-refractivity contribution in [2.24, 2.45) is 0 Å². The third-order valence-corrected chi connectivity index (χ3v) is 4.82. The predicted octanol–water partition coefficient (Wildman–Crippen LogP) is 1.70. The van der Waals surface area contributed by atoms with Gasteiger partial charge in [0.1, 0.15) is 0 Å². The molecule has 3 rings (SSSR count). The zero-order chi connectivity index (χ0) is 7.74. The maximum absolute atomic E-state index is 2.50. The molecule has 2 fully saturated rings. The van der Waals surface area contributed by atoms with Gasteiger partial charge in [-0.25, -0.2) is 0 Å². The minimum absolute atomic E-state index is 0.604. The molecule has 0 aromatic carbocycles. The summed E-state index contributed by atoms with van der Waals surface area (Å²) in [5.74, 6) is 0. The molecule has 1 nitrogen and oxygen atoms in total. The number of hydrogen-bond donors (Lipinski definition) is 0. The lowest BCUT2D eigenvalue weighted by molar-refractivity contribution is -0.814. The van der Waals surface area contributed by atoms with E-state index in [2.05, 4.69) is 26.2 Å². The Morgan fingerprint density at radius 1 is 1.27 bits per heavy atom. The van der Waals surface area contributed by atoms with Gasteiger partial charge in [-0.1, -0.05) is 6.08 Å². The lowest BCUT2D eigenvalue weighted by atomic mass is 10.0. The number of quaternary nitrogens is 1. The summed E-state index contributed by atoms with van der Waals surface area (Å²) >= 11 is 0. The molecule has 0 amide bonds. The summed E-state index contributed by atoms with van der Waals surface area (Å²) in [6.45, 7) is 0. The highest BCUT2D eigenvalue weighted by atomic mass is 15.6. The molecule has 0 aromatic heterocycles. The van der Waals surface area contributed by atoms with Crippen molar-refractivity contribution in [3.8, 4) is 0 Å². The zero-order valence-corrected chi connectivity index (χ0v) is 7.43. The number of piperidine rings is 1. The van der Waals surface area contributed by atoms with Gasteiger partial charge in [-0.2, -0.15) is 0 Å². The van der Waals surface area contributed by atoms with Crippen LogP contribution in [0.1, 0.15) is 25.7 Å². The molecule has 11 heavy (non-hydrogen) atoms. The third-order valence-electron chi connectivity index (χ3n) is 4.82.